The minimum absolute atomic E-state index is 0.109. The predicted molar refractivity (Wildman–Crippen MR) is 74.9 cm³/mol. The van der Waals surface area contributed by atoms with Gasteiger partial charge in [-0.15, -0.1) is 11.3 Å². The zero-order chi connectivity index (χ0) is 13.3. The van der Waals surface area contributed by atoms with Crippen LogP contribution in [0.5, 0.6) is 0 Å². The number of carboxylic acid groups (broad SMARTS) is 1. The minimum Gasteiger partial charge on any atom is -0.481 e. The monoisotopic (exact) mass is 328 g/mol. The van der Waals surface area contributed by atoms with Crippen molar-refractivity contribution in [2.24, 2.45) is 7.05 Å². The van der Waals surface area contributed by atoms with Gasteiger partial charge in [0.15, 0.2) is 0 Å². The van der Waals surface area contributed by atoms with Crippen molar-refractivity contribution in [3.63, 3.8) is 0 Å². The quantitative estimate of drug-likeness (QED) is 0.937. The van der Waals surface area contributed by atoms with Crippen LogP contribution in [-0.4, -0.2) is 20.6 Å². The third kappa shape index (κ3) is 2.64. The summed E-state index contributed by atoms with van der Waals surface area (Å²) in [5.41, 5.74) is 2.00. The van der Waals surface area contributed by atoms with E-state index in [0.717, 1.165) is 25.9 Å². The van der Waals surface area contributed by atoms with E-state index in [-0.39, 0.29) is 6.42 Å². The van der Waals surface area contributed by atoms with E-state index in [1.165, 1.54) is 0 Å². The number of halogens is 1. The molecule has 4 nitrogen and oxygen atoms in total. The summed E-state index contributed by atoms with van der Waals surface area (Å²) in [7, 11) is 1.92. The molecule has 0 bridgehead atoms. The third-order valence-corrected chi connectivity index (χ3v) is 4.47. The fourth-order valence-electron chi connectivity index (χ4n) is 1.75. The lowest BCUT2D eigenvalue weighted by Gasteiger charge is -2.00. The van der Waals surface area contributed by atoms with Gasteiger partial charge in [-0.3, -0.25) is 4.79 Å². The van der Waals surface area contributed by atoms with Crippen molar-refractivity contribution in [1.82, 2.24) is 9.55 Å². The number of nitrogens with zero attached hydrogens (tertiary/aromatic N) is 2. The van der Waals surface area contributed by atoms with Crippen LogP contribution in [0.15, 0.2) is 15.9 Å². The Bertz CT molecular complexity index is 589. The van der Waals surface area contributed by atoms with E-state index in [1.54, 1.807) is 11.3 Å². The first-order valence-electron chi connectivity index (χ1n) is 5.48. The summed E-state index contributed by atoms with van der Waals surface area (Å²) in [4.78, 5) is 16.3. The molecule has 0 saturated heterocycles. The van der Waals surface area contributed by atoms with E-state index < -0.39 is 5.97 Å². The molecule has 2 rings (SSSR count). The van der Waals surface area contributed by atoms with Gasteiger partial charge < -0.3 is 9.67 Å². The zero-order valence-electron chi connectivity index (χ0n) is 10.1. The Kier molecular flexibility index (Phi) is 3.87. The minimum atomic E-state index is -0.795. The maximum atomic E-state index is 10.6. The predicted octanol–water partition coefficient (Wildman–Crippen LogP) is 3.24. The van der Waals surface area contributed by atoms with Gasteiger partial charge >= 0.3 is 5.97 Å². The fraction of sp³-hybridized carbons (Fsp3) is 0.333. The molecule has 2 aromatic rings. The number of carbonyl (C=O) groups is 1. The average molecular weight is 329 g/mol. The van der Waals surface area contributed by atoms with Gasteiger partial charge in [0.1, 0.15) is 11.5 Å². The summed E-state index contributed by atoms with van der Waals surface area (Å²) in [6, 6.07) is 4.01. The largest absolute Gasteiger partial charge is 0.481 e. The van der Waals surface area contributed by atoms with Crippen LogP contribution >= 0.6 is 27.3 Å². The van der Waals surface area contributed by atoms with E-state index in [1.807, 2.05) is 30.7 Å². The Morgan fingerprint density at radius 1 is 1.56 bits per heavy atom. The molecule has 6 heteroatoms. The first kappa shape index (κ1) is 13.3. The number of hydrogen-bond acceptors (Lipinski definition) is 3. The van der Waals surface area contributed by atoms with Gasteiger partial charge in [-0.1, -0.05) is 0 Å². The van der Waals surface area contributed by atoms with E-state index in [2.05, 4.69) is 20.9 Å². The van der Waals surface area contributed by atoms with Gasteiger partial charge in [0.2, 0.25) is 0 Å². The second-order valence-electron chi connectivity index (χ2n) is 4.02. The summed E-state index contributed by atoms with van der Waals surface area (Å²) in [6.07, 6.45) is 0.567. The van der Waals surface area contributed by atoms with Gasteiger partial charge in [0.05, 0.1) is 15.1 Å². The summed E-state index contributed by atoms with van der Waals surface area (Å²) in [5.74, 6) is 0.0190. The fourth-order valence-corrected chi connectivity index (χ4v) is 3.18. The molecule has 0 aliphatic rings. The molecule has 18 heavy (non-hydrogen) atoms. The highest BCUT2D eigenvalue weighted by atomic mass is 79.9. The Hall–Kier alpha value is -1.14. The number of aromatic nitrogens is 2. The molecule has 0 saturated carbocycles. The molecule has 1 N–H and O–H groups in total. The lowest BCUT2D eigenvalue weighted by atomic mass is 10.3. The molecule has 0 fully saturated rings. The van der Waals surface area contributed by atoms with Crippen LogP contribution in [0.1, 0.15) is 17.9 Å². The maximum absolute atomic E-state index is 10.6. The highest BCUT2D eigenvalue weighted by molar-refractivity contribution is 9.11. The van der Waals surface area contributed by atoms with E-state index >= 15 is 0 Å². The second-order valence-corrected chi connectivity index (χ2v) is 6.48. The SMILES string of the molecule is Cc1c(-c2ccc(Br)s2)nc(CCC(=O)O)n1C. The van der Waals surface area contributed by atoms with Crippen LogP contribution in [-0.2, 0) is 18.3 Å². The van der Waals surface area contributed by atoms with Crippen molar-refractivity contribution < 1.29 is 9.90 Å². The van der Waals surface area contributed by atoms with Crippen LogP contribution in [0, 0.1) is 6.92 Å². The van der Waals surface area contributed by atoms with Gasteiger partial charge in [-0.05, 0) is 35.0 Å². The molecule has 0 radical (unpaired) electrons. The first-order valence-corrected chi connectivity index (χ1v) is 7.09. The van der Waals surface area contributed by atoms with E-state index in [9.17, 15) is 4.79 Å². The van der Waals surface area contributed by atoms with Crippen LogP contribution in [0.25, 0.3) is 10.6 Å². The average Bonchev–Trinajstić information content (AvgIpc) is 2.84. The van der Waals surface area contributed by atoms with Crippen LogP contribution < -0.4 is 0 Å². The van der Waals surface area contributed by atoms with Crippen molar-refractivity contribution >= 4 is 33.2 Å². The summed E-state index contributed by atoms with van der Waals surface area (Å²) in [6.45, 7) is 2.00. The Labute approximate surface area is 117 Å². The lowest BCUT2D eigenvalue weighted by Crippen LogP contribution is -2.03. The van der Waals surface area contributed by atoms with Crippen LogP contribution in [0.4, 0.5) is 0 Å². The second kappa shape index (κ2) is 5.24. The van der Waals surface area contributed by atoms with E-state index in [0.29, 0.717) is 6.42 Å². The smallest absolute Gasteiger partial charge is 0.303 e. The normalized spacial score (nSPS) is 10.8. The molecule has 0 amide bonds. The Balaban J connectivity index is 2.33. The highest BCUT2D eigenvalue weighted by Gasteiger charge is 2.14. The third-order valence-electron chi connectivity index (χ3n) is 2.84. The first-order chi connectivity index (χ1) is 8.49. The number of aryl methyl sites for hydroxylation is 1. The number of thiophene rings is 1. The summed E-state index contributed by atoms with van der Waals surface area (Å²) >= 11 is 5.06. The Morgan fingerprint density at radius 3 is 2.83 bits per heavy atom. The summed E-state index contributed by atoms with van der Waals surface area (Å²) in [5, 5.41) is 8.72. The molecule has 0 aromatic carbocycles. The number of rotatable bonds is 4. The number of aliphatic carboxylic acids is 1. The zero-order valence-corrected chi connectivity index (χ0v) is 12.5. The number of hydrogen-bond donors (Lipinski definition) is 1. The molecule has 2 heterocycles. The van der Waals surface area contributed by atoms with Crippen molar-refractivity contribution in [3.8, 4) is 10.6 Å². The molecule has 96 valence electrons. The van der Waals surface area contributed by atoms with Crippen molar-refractivity contribution in [2.45, 2.75) is 19.8 Å². The molecular weight excluding hydrogens is 316 g/mol. The molecule has 2 aromatic heterocycles. The molecule has 0 atom stereocenters. The highest BCUT2D eigenvalue weighted by Crippen LogP contribution is 2.32. The topological polar surface area (TPSA) is 55.1 Å². The lowest BCUT2D eigenvalue weighted by molar-refractivity contribution is -0.137. The van der Waals surface area contributed by atoms with Crippen molar-refractivity contribution in [3.05, 3.63) is 27.4 Å². The van der Waals surface area contributed by atoms with Crippen LogP contribution in [0.2, 0.25) is 0 Å². The molecule has 0 spiro atoms. The van der Waals surface area contributed by atoms with Crippen molar-refractivity contribution in [1.29, 1.82) is 0 Å². The van der Waals surface area contributed by atoms with E-state index in [4.69, 9.17) is 5.11 Å². The van der Waals surface area contributed by atoms with Crippen LogP contribution in [0.3, 0.4) is 0 Å². The number of imidazole rings is 1. The van der Waals surface area contributed by atoms with Gasteiger partial charge in [-0.2, -0.15) is 0 Å². The maximum Gasteiger partial charge on any atom is 0.303 e. The standard InChI is InChI=1S/C12H13BrN2O2S/c1-7-12(8-3-4-9(13)18-8)14-10(15(7)2)5-6-11(16)17/h3-4H,5-6H2,1-2H3,(H,16,17). The molecule has 0 unspecified atom stereocenters. The van der Waals surface area contributed by atoms with Gasteiger partial charge in [0.25, 0.3) is 0 Å². The van der Waals surface area contributed by atoms with Crippen molar-refractivity contribution in [2.75, 3.05) is 0 Å². The molecule has 0 aliphatic carbocycles. The summed E-state index contributed by atoms with van der Waals surface area (Å²) < 4.78 is 3.03. The van der Waals surface area contributed by atoms with Gasteiger partial charge in [0, 0.05) is 19.2 Å². The Morgan fingerprint density at radius 2 is 2.28 bits per heavy atom. The number of carboxylic acids is 1. The molecular formula is C12H13BrN2O2S. The van der Waals surface area contributed by atoms with Gasteiger partial charge in [-0.25, -0.2) is 4.98 Å². The molecule has 0 aliphatic heterocycles.